The summed E-state index contributed by atoms with van der Waals surface area (Å²) in [7, 11) is 0. The molecule has 3 heterocycles. The molecule has 1 fully saturated rings. The summed E-state index contributed by atoms with van der Waals surface area (Å²) in [4.78, 5) is 33.0. The summed E-state index contributed by atoms with van der Waals surface area (Å²) >= 11 is 6.24. The highest BCUT2D eigenvalue weighted by atomic mass is 35.5. The molecule has 0 radical (unpaired) electrons. The Morgan fingerprint density at radius 2 is 2.00 bits per heavy atom. The van der Waals surface area contributed by atoms with Gasteiger partial charge in [-0.05, 0) is 55.0 Å². The zero-order valence-electron chi connectivity index (χ0n) is 16.0. The number of anilines is 1. The molecular weight excluding hydrogens is 388 g/mol. The molecule has 5 nitrogen and oxygen atoms in total. The van der Waals surface area contributed by atoms with E-state index in [0.29, 0.717) is 22.3 Å². The van der Waals surface area contributed by atoms with Crippen LogP contribution in [0.15, 0.2) is 60.0 Å². The molecular formula is C23H21ClN2O3. The van der Waals surface area contributed by atoms with E-state index in [1.807, 2.05) is 18.2 Å². The third-order valence-corrected chi connectivity index (χ3v) is 6.41. The summed E-state index contributed by atoms with van der Waals surface area (Å²) in [6, 6.07) is 12.1. The Bertz CT molecular complexity index is 1020. The van der Waals surface area contributed by atoms with Crippen LogP contribution in [0.25, 0.3) is 0 Å². The van der Waals surface area contributed by atoms with Crippen molar-refractivity contribution in [2.45, 2.75) is 38.3 Å². The van der Waals surface area contributed by atoms with E-state index < -0.39 is 6.04 Å². The Labute approximate surface area is 174 Å². The van der Waals surface area contributed by atoms with Crippen LogP contribution in [-0.4, -0.2) is 22.8 Å². The molecule has 0 saturated heterocycles. The van der Waals surface area contributed by atoms with E-state index in [9.17, 15) is 9.59 Å². The van der Waals surface area contributed by atoms with Gasteiger partial charge in [0.1, 0.15) is 11.9 Å². The summed E-state index contributed by atoms with van der Waals surface area (Å²) in [6.07, 6.45) is 4.02. The van der Waals surface area contributed by atoms with Crippen LogP contribution in [0.1, 0.15) is 37.8 Å². The van der Waals surface area contributed by atoms with Crippen LogP contribution in [-0.2, 0) is 14.3 Å². The molecule has 0 bridgehead atoms. The topological polar surface area (TPSA) is 59.5 Å². The van der Waals surface area contributed by atoms with Crippen LogP contribution in [0, 0.1) is 11.8 Å². The highest BCUT2D eigenvalue weighted by Gasteiger charge is 2.53. The number of carbonyl (C=O) groups excluding carboxylic acids is 2. The number of Topliss-reactive ketones (excluding diaryl/α,β-unsaturated/α-hetero) is 1. The molecule has 5 rings (SSSR count). The summed E-state index contributed by atoms with van der Waals surface area (Å²) < 4.78 is 6.19. The number of ether oxygens (including phenoxy) is 1. The average molecular weight is 409 g/mol. The zero-order chi connectivity index (χ0) is 20.1. The maximum absolute atomic E-state index is 13.6. The fourth-order valence-electron chi connectivity index (χ4n) is 4.80. The van der Waals surface area contributed by atoms with E-state index in [1.165, 1.54) is 0 Å². The maximum atomic E-state index is 13.6. The number of pyridine rings is 1. The van der Waals surface area contributed by atoms with Crippen LogP contribution in [0.2, 0.25) is 5.02 Å². The van der Waals surface area contributed by atoms with Gasteiger partial charge in [0.05, 0.1) is 17.5 Å². The molecule has 1 aromatic heterocycles. The van der Waals surface area contributed by atoms with Crippen molar-refractivity contribution in [2.24, 2.45) is 11.8 Å². The standard InChI is InChI=1S/C23H21ClN2O3/c1-13-8-9-17-16(11-13)21(27)19-20(14-5-4-6-15(24)12-14)26(23(28)22(19)29-17)18-7-2-3-10-25-18/h2-7,10,12-13,16-17,20H,8-9,11H2,1H3. The largest absolute Gasteiger partial charge is 0.483 e. The van der Waals surface area contributed by atoms with E-state index in [2.05, 4.69) is 11.9 Å². The van der Waals surface area contributed by atoms with Gasteiger partial charge in [-0.2, -0.15) is 0 Å². The first kappa shape index (κ1) is 18.4. The third-order valence-electron chi connectivity index (χ3n) is 6.17. The predicted octanol–water partition coefficient (Wildman–Crippen LogP) is 4.48. The molecule has 2 aliphatic heterocycles. The number of carbonyl (C=O) groups is 2. The monoisotopic (exact) mass is 408 g/mol. The van der Waals surface area contributed by atoms with Crippen molar-refractivity contribution in [3.63, 3.8) is 0 Å². The second-order valence-corrected chi connectivity index (χ2v) is 8.55. The first-order chi connectivity index (χ1) is 14.0. The molecule has 4 atom stereocenters. The van der Waals surface area contributed by atoms with Gasteiger partial charge in [-0.25, -0.2) is 4.98 Å². The van der Waals surface area contributed by atoms with E-state index in [1.54, 1.807) is 35.4 Å². The van der Waals surface area contributed by atoms with Crippen LogP contribution >= 0.6 is 11.6 Å². The summed E-state index contributed by atoms with van der Waals surface area (Å²) in [5, 5.41) is 0.554. The van der Waals surface area contributed by atoms with Gasteiger partial charge in [0.15, 0.2) is 11.5 Å². The molecule has 0 spiro atoms. The van der Waals surface area contributed by atoms with Crippen LogP contribution in [0.4, 0.5) is 5.82 Å². The quantitative estimate of drug-likeness (QED) is 0.735. The lowest BCUT2D eigenvalue weighted by atomic mass is 9.74. The Morgan fingerprint density at radius 3 is 2.76 bits per heavy atom. The Balaban J connectivity index is 1.66. The summed E-state index contributed by atoms with van der Waals surface area (Å²) in [5.74, 6) is 0.662. The van der Waals surface area contributed by atoms with Gasteiger partial charge >= 0.3 is 0 Å². The lowest BCUT2D eigenvalue weighted by Crippen LogP contribution is -2.41. The van der Waals surface area contributed by atoms with Crippen LogP contribution in [0.3, 0.4) is 0 Å². The number of hydrogen-bond acceptors (Lipinski definition) is 4. The van der Waals surface area contributed by atoms with Gasteiger partial charge in [0, 0.05) is 11.2 Å². The number of hydrogen-bond donors (Lipinski definition) is 0. The molecule has 29 heavy (non-hydrogen) atoms. The van der Waals surface area contributed by atoms with Crippen molar-refractivity contribution in [3.8, 4) is 0 Å². The minimum atomic E-state index is -0.586. The molecule has 1 aliphatic carbocycles. The molecule has 1 saturated carbocycles. The van der Waals surface area contributed by atoms with Crippen molar-refractivity contribution >= 4 is 29.1 Å². The minimum absolute atomic E-state index is 0.0274. The van der Waals surface area contributed by atoms with Crippen molar-refractivity contribution < 1.29 is 14.3 Å². The molecule has 3 aliphatic rings. The first-order valence-electron chi connectivity index (χ1n) is 9.99. The first-order valence-corrected chi connectivity index (χ1v) is 10.4. The summed E-state index contributed by atoms with van der Waals surface area (Å²) in [6.45, 7) is 2.17. The maximum Gasteiger partial charge on any atom is 0.295 e. The number of halogens is 1. The number of nitrogens with zero attached hydrogens (tertiary/aromatic N) is 2. The van der Waals surface area contributed by atoms with E-state index in [4.69, 9.17) is 16.3 Å². The number of benzene rings is 1. The molecule has 148 valence electrons. The molecule has 6 heteroatoms. The van der Waals surface area contributed by atoms with Crippen molar-refractivity contribution in [1.29, 1.82) is 0 Å². The fourth-order valence-corrected chi connectivity index (χ4v) is 5.00. The predicted molar refractivity (Wildman–Crippen MR) is 109 cm³/mol. The lowest BCUT2D eigenvalue weighted by molar-refractivity contribution is -0.132. The molecule has 4 unspecified atom stereocenters. The molecule has 0 N–H and O–H groups in total. The molecule has 2 aromatic rings. The number of fused-ring (bicyclic) bond motifs is 1. The average Bonchev–Trinajstić information content (AvgIpc) is 3.02. The van der Waals surface area contributed by atoms with Crippen LogP contribution in [0.5, 0.6) is 0 Å². The molecule has 1 amide bonds. The number of rotatable bonds is 2. The highest BCUT2D eigenvalue weighted by Crippen LogP contribution is 2.48. The van der Waals surface area contributed by atoms with Crippen molar-refractivity contribution in [3.05, 3.63) is 70.6 Å². The normalized spacial score (nSPS) is 28.8. The van der Waals surface area contributed by atoms with E-state index in [-0.39, 0.29) is 29.5 Å². The third kappa shape index (κ3) is 2.96. The second kappa shape index (κ2) is 6.99. The Kier molecular flexibility index (Phi) is 4.43. The van der Waals surface area contributed by atoms with Gasteiger partial charge in [-0.3, -0.25) is 14.5 Å². The zero-order valence-corrected chi connectivity index (χ0v) is 16.8. The number of aromatic nitrogens is 1. The van der Waals surface area contributed by atoms with Crippen LogP contribution < -0.4 is 4.90 Å². The van der Waals surface area contributed by atoms with Gasteiger partial charge in [-0.1, -0.05) is 36.7 Å². The number of ketones is 1. The van der Waals surface area contributed by atoms with Crippen molar-refractivity contribution in [2.75, 3.05) is 4.90 Å². The van der Waals surface area contributed by atoms with Crippen molar-refractivity contribution in [1.82, 2.24) is 4.98 Å². The minimum Gasteiger partial charge on any atom is -0.483 e. The lowest BCUT2D eigenvalue weighted by Gasteiger charge is -2.37. The smallest absolute Gasteiger partial charge is 0.295 e. The van der Waals surface area contributed by atoms with Gasteiger partial charge in [-0.15, -0.1) is 0 Å². The highest BCUT2D eigenvalue weighted by molar-refractivity contribution is 6.30. The van der Waals surface area contributed by atoms with E-state index >= 15 is 0 Å². The number of amides is 1. The molecule has 1 aromatic carbocycles. The Morgan fingerprint density at radius 1 is 1.14 bits per heavy atom. The SMILES string of the molecule is CC1CCC2OC3=C(C(=O)C2C1)C(c1cccc(Cl)c1)N(c1ccccn1)C3=O. The van der Waals surface area contributed by atoms with Gasteiger partial charge in [0.25, 0.3) is 5.91 Å². The van der Waals surface area contributed by atoms with E-state index in [0.717, 1.165) is 24.8 Å². The second-order valence-electron chi connectivity index (χ2n) is 8.11. The Hall–Kier alpha value is -2.66. The fraction of sp³-hybridized carbons (Fsp3) is 0.348. The summed E-state index contributed by atoms with van der Waals surface area (Å²) in [5.41, 5.74) is 1.22. The van der Waals surface area contributed by atoms with Gasteiger partial charge in [0.2, 0.25) is 0 Å². The van der Waals surface area contributed by atoms with Gasteiger partial charge < -0.3 is 4.74 Å².